The summed E-state index contributed by atoms with van der Waals surface area (Å²) in [6, 6.07) is 4.38. The van der Waals surface area contributed by atoms with Crippen LogP contribution in [0.25, 0.3) is 0 Å². The molecule has 19 heavy (non-hydrogen) atoms. The van der Waals surface area contributed by atoms with Crippen LogP contribution in [-0.2, 0) is 6.54 Å². The molecule has 1 heterocycles. The number of nitro groups is 1. The number of amides is 1. The van der Waals surface area contributed by atoms with Gasteiger partial charge in [0.25, 0.3) is 11.6 Å². The molecule has 0 saturated heterocycles. The minimum absolute atomic E-state index is 0.0642. The summed E-state index contributed by atoms with van der Waals surface area (Å²) in [6.07, 6.45) is 3.23. The molecule has 0 atom stereocenters. The van der Waals surface area contributed by atoms with E-state index in [9.17, 15) is 14.9 Å². The normalized spacial score (nSPS) is 10.2. The van der Waals surface area contributed by atoms with E-state index in [0.717, 1.165) is 0 Å². The number of imidazole rings is 1. The average Bonchev–Trinajstić information content (AvgIpc) is 2.89. The monoisotopic (exact) mass is 260 g/mol. The van der Waals surface area contributed by atoms with Gasteiger partial charge in [0.15, 0.2) is 0 Å². The summed E-state index contributed by atoms with van der Waals surface area (Å²) in [5.41, 5.74) is 0.710. The van der Waals surface area contributed by atoms with E-state index in [2.05, 4.69) is 15.3 Å². The van der Waals surface area contributed by atoms with Crippen LogP contribution in [-0.4, -0.2) is 20.8 Å². The third kappa shape index (κ3) is 2.95. The number of benzene rings is 1. The van der Waals surface area contributed by atoms with Crippen molar-refractivity contribution in [1.82, 2.24) is 15.3 Å². The van der Waals surface area contributed by atoms with Crippen LogP contribution < -0.4 is 5.32 Å². The maximum atomic E-state index is 11.9. The molecule has 0 spiro atoms. The number of nitrogens with one attached hydrogen (secondary N) is 2. The predicted molar refractivity (Wildman–Crippen MR) is 67.6 cm³/mol. The largest absolute Gasteiger partial charge is 0.347 e. The molecule has 0 saturated carbocycles. The average molecular weight is 260 g/mol. The Labute approximate surface area is 108 Å². The highest BCUT2D eigenvalue weighted by atomic mass is 16.6. The molecule has 2 aromatic rings. The molecule has 2 rings (SSSR count). The molecule has 0 unspecified atom stereocenters. The van der Waals surface area contributed by atoms with Crippen LogP contribution in [0, 0.1) is 17.0 Å². The summed E-state index contributed by atoms with van der Waals surface area (Å²) >= 11 is 0. The van der Waals surface area contributed by atoms with Crippen LogP contribution in [0.5, 0.6) is 0 Å². The molecular formula is C12H12N4O3. The van der Waals surface area contributed by atoms with Crippen molar-refractivity contribution >= 4 is 11.6 Å². The number of rotatable bonds is 4. The Hall–Kier alpha value is -2.70. The van der Waals surface area contributed by atoms with E-state index >= 15 is 0 Å². The number of carbonyl (C=O) groups excluding carboxylic acids is 1. The van der Waals surface area contributed by atoms with Gasteiger partial charge in [0, 0.05) is 29.6 Å². The first-order valence-corrected chi connectivity index (χ1v) is 5.59. The van der Waals surface area contributed by atoms with E-state index in [1.54, 1.807) is 31.5 Å². The topological polar surface area (TPSA) is 101 Å². The van der Waals surface area contributed by atoms with Gasteiger partial charge in [0.2, 0.25) is 0 Å². The summed E-state index contributed by atoms with van der Waals surface area (Å²) in [5.74, 6) is 0.245. The minimum Gasteiger partial charge on any atom is -0.347 e. The van der Waals surface area contributed by atoms with E-state index in [1.807, 2.05) is 0 Å². The van der Waals surface area contributed by atoms with Gasteiger partial charge in [0.1, 0.15) is 5.82 Å². The lowest BCUT2D eigenvalue weighted by Gasteiger charge is -2.04. The highest BCUT2D eigenvalue weighted by Crippen LogP contribution is 2.19. The lowest BCUT2D eigenvalue weighted by molar-refractivity contribution is -0.385. The molecule has 2 N–H and O–H groups in total. The quantitative estimate of drug-likeness (QED) is 0.643. The molecule has 0 aliphatic heterocycles. The fourth-order valence-corrected chi connectivity index (χ4v) is 1.61. The van der Waals surface area contributed by atoms with Crippen molar-refractivity contribution in [3.63, 3.8) is 0 Å². The van der Waals surface area contributed by atoms with Gasteiger partial charge in [-0.2, -0.15) is 0 Å². The first-order valence-electron chi connectivity index (χ1n) is 5.59. The van der Waals surface area contributed by atoms with Crippen molar-refractivity contribution in [2.75, 3.05) is 0 Å². The molecule has 98 valence electrons. The second-order valence-corrected chi connectivity index (χ2v) is 3.98. The lowest BCUT2D eigenvalue weighted by Crippen LogP contribution is -2.23. The number of aromatic nitrogens is 2. The van der Waals surface area contributed by atoms with E-state index in [1.165, 1.54) is 6.07 Å². The molecule has 7 heteroatoms. The molecule has 0 fully saturated rings. The number of carbonyl (C=O) groups is 1. The molecule has 7 nitrogen and oxygen atoms in total. The molecule has 1 aromatic carbocycles. The number of H-pyrrole nitrogens is 1. The number of aryl methyl sites for hydroxylation is 1. The number of nitro benzene ring substituents is 1. The molecule has 0 bridgehead atoms. The van der Waals surface area contributed by atoms with E-state index in [4.69, 9.17) is 0 Å². The van der Waals surface area contributed by atoms with Crippen molar-refractivity contribution in [3.8, 4) is 0 Å². The fourth-order valence-electron chi connectivity index (χ4n) is 1.61. The minimum atomic E-state index is -0.501. The standard InChI is InChI=1S/C12H12N4O3/c1-8-2-3-9(6-10(8)16(18)19)12(17)15-7-11-13-4-5-14-11/h2-6H,7H2,1H3,(H,13,14)(H,15,17). The number of hydrogen-bond donors (Lipinski definition) is 2. The van der Waals surface area contributed by atoms with Gasteiger partial charge in [-0.05, 0) is 13.0 Å². The zero-order valence-electron chi connectivity index (χ0n) is 10.2. The Kier molecular flexibility index (Phi) is 3.56. The van der Waals surface area contributed by atoms with Crippen molar-refractivity contribution in [2.45, 2.75) is 13.5 Å². The van der Waals surface area contributed by atoms with Crippen molar-refractivity contribution in [3.05, 3.63) is 57.7 Å². The zero-order chi connectivity index (χ0) is 13.8. The second kappa shape index (κ2) is 5.30. The third-order valence-corrected chi connectivity index (χ3v) is 2.64. The van der Waals surface area contributed by atoms with E-state index in [-0.39, 0.29) is 23.7 Å². The predicted octanol–water partition coefficient (Wildman–Crippen LogP) is 1.56. The van der Waals surface area contributed by atoms with Gasteiger partial charge in [0.05, 0.1) is 11.5 Å². The van der Waals surface area contributed by atoms with Gasteiger partial charge in [-0.25, -0.2) is 4.98 Å². The Morgan fingerprint density at radius 3 is 2.95 bits per heavy atom. The Bertz CT molecular complexity index is 607. The van der Waals surface area contributed by atoms with Crippen LogP contribution in [0.4, 0.5) is 5.69 Å². The first kappa shape index (κ1) is 12.7. The number of aromatic amines is 1. The van der Waals surface area contributed by atoms with Crippen LogP contribution in [0.2, 0.25) is 0 Å². The summed E-state index contributed by atoms with van der Waals surface area (Å²) in [5, 5.41) is 13.4. The summed E-state index contributed by atoms with van der Waals surface area (Å²) in [7, 11) is 0. The zero-order valence-corrected chi connectivity index (χ0v) is 10.2. The Morgan fingerprint density at radius 2 is 2.32 bits per heavy atom. The molecule has 1 amide bonds. The summed E-state index contributed by atoms with van der Waals surface area (Å²) in [4.78, 5) is 29.0. The molecule has 1 aromatic heterocycles. The smallest absolute Gasteiger partial charge is 0.273 e. The second-order valence-electron chi connectivity index (χ2n) is 3.98. The Balaban J connectivity index is 2.11. The highest BCUT2D eigenvalue weighted by molar-refractivity contribution is 5.94. The van der Waals surface area contributed by atoms with Crippen molar-refractivity contribution in [2.24, 2.45) is 0 Å². The third-order valence-electron chi connectivity index (χ3n) is 2.64. The maximum Gasteiger partial charge on any atom is 0.273 e. The summed E-state index contributed by atoms with van der Waals surface area (Å²) < 4.78 is 0. The maximum absolute atomic E-state index is 11.9. The Morgan fingerprint density at radius 1 is 1.53 bits per heavy atom. The summed E-state index contributed by atoms with van der Waals surface area (Å²) in [6.45, 7) is 1.87. The van der Waals surface area contributed by atoms with Gasteiger partial charge in [-0.1, -0.05) is 6.07 Å². The van der Waals surface area contributed by atoms with Crippen molar-refractivity contribution in [1.29, 1.82) is 0 Å². The van der Waals surface area contributed by atoms with Gasteiger partial charge in [-0.3, -0.25) is 14.9 Å². The van der Waals surface area contributed by atoms with Gasteiger partial charge in [-0.15, -0.1) is 0 Å². The van der Waals surface area contributed by atoms with Crippen LogP contribution in [0.1, 0.15) is 21.7 Å². The van der Waals surface area contributed by atoms with E-state index < -0.39 is 4.92 Å². The SMILES string of the molecule is Cc1ccc(C(=O)NCc2ncc[nH]2)cc1[N+](=O)[O-]. The fraction of sp³-hybridized carbons (Fsp3) is 0.167. The van der Waals surface area contributed by atoms with E-state index in [0.29, 0.717) is 11.4 Å². The van der Waals surface area contributed by atoms with Crippen molar-refractivity contribution < 1.29 is 9.72 Å². The van der Waals surface area contributed by atoms with Crippen LogP contribution in [0.15, 0.2) is 30.6 Å². The van der Waals surface area contributed by atoms with Gasteiger partial charge < -0.3 is 10.3 Å². The number of hydrogen-bond acceptors (Lipinski definition) is 4. The van der Waals surface area contributed by atoms with Gasteiger partial charge >= 0.3 is 0 Å². The van der Waals surface area contributed by atoms with Crippen LogP contribution >= 0.6 is 0 Å². The molecular weight excluding hydrogens is 248 g/mol. The van der Waals surface area contributed by atoms with Crippen LogP contribution in [0.3, 0.4) is 0 Å². The molecule has 0 aliphatic rings. The highest BCUT2D eigenvalue weighted by Gasteiger charge is 2.14. The first-order chi connectivity index (χ1) is 9.08. The molecule has 0 aliphatic carbocycles. The lowest BCUT2D eigenvalue weighted by atomic mass is 10.1. The number of nitrogens with zero attached hydrogens (tertiary/aromatic N) is 2. The molecule has 0 radical (unpaired) electrons.